The van der Waals surface area contributed by atoms with E-state index in [4.69, 9.17) is 19.2 Å². The van der Waals surface area contributed by atoms with Crippen molar-refractivity contribution in [2.24, 2.45) is 0 Å². The van der Waals surface area contributed by atoms with Gasteiger partial charge in [0.1, 0.15) is 11.6 Å². The zero-order chi connectivity index (χ0) is 33.2. The van der Waals surface area contributed by atoms with E-state index in [2.05, 4.69) is 32.1 Å². The quantitative estimate of drug-likeness (QED) is 0.180. The summed E-state index contributed by atoms with van der Waals surface area (Å²) in [5, 5.41) is 3.24. The van der Waals surface area contributed by atoms with E-state index in [1.54, 1.807) is 25.6 Å². The van der Waals surface area contributed by atoms with Gasteiger partial charge in [0.2, 0.25) is 5.95 Å². The number of carbonyl (C=O) groups is 1. The largest absolute Gasteiger partial charge is 0.493 e. The maximum Gasteiger partial charge on any atom is 0.420 e. The lowest BCUT2D eigenvalue weighted by Crippen LogP contribution is -2.44. The number of aryl methyl sites for hydroxylation is 3. The molecular weight excluding hydrogens is 594 g/mol. The van der Waals surface area contributed by atoms with Gasteiger partial charge in [0.25, 0.3) is 0 Å². The standard InChI is InChI=1S/C36H45N7O4/c1-26-23-27(2)34(28(3)24-26)47-36(44)43(17-13-29-9-6-7-14-37-29)33-12-15-38-35(40-33)39-30-10-11-31(32(25-30)45-5)46-22-8-16-42-20-18-41(4)19-21-42/h6-7,9-12,14-15,23-25H,8,13,16-22H2,1-5H3,(H,38,39,40). The van der Waals surface area contributed by atoms with E-state index in [0.717, 1.165) is 67.2 Å². The van der Waals surface area contributed by atoms with Crippen LogP contribution in [0.1, 0.15) is 28.8 Å². The molecule has 0 radical (unpaired) electrons. The lowest BCUT2D eigenvalue weighted by atomic mass is 10.1. The first-order valence-electron chi connectivity index (χ1n) is 16.1. The van der Waals surface area contributed by atoms with Crippen LogP contribution in [0.15, 0.2) is 67.0 Å². The Labute approximate surface area is 277 Å². The summed E-state index contributed by atoms with van der Waals surface area (Å²) in [5.74, 6) is 2.55. The van der Waals surface area contributed by atoms with Crippen molar-refractivity contribution in [3.8, 4) is 17.2 Å². The average molecular weight is 640 g/mol. The molecule has 5 rings (SSSR count). The number of hydrogen-bond acceptors (Lipinski definition) is 10. The number of methoxy groups -OCH3 is 1. The molecule has 1 saturated heterocycles. The SMILES string of the molecule is COc1cc(Nc2nccc(N(CCc3ccccn3)C(=O)Oc3c(C)cc(C)cc3C)n2)ccc1OCCCN1CCN(C)CC1. The summed E-state index contributed by atoms with van der Waals surface area (Å²) in [6.45, 7) is 12.2. The van der Waals surface area contributed by atoms with Gasteiger partial charge >= 0.3 is 6.09 Å². The number of hydrogen-bond donors (Lipinski definition) is 1. The van der Waals surface area contributed by atoms with E-state index in [0.29, 0.717) is 48.6 Å². The molecule has 2 aromatic heterocycles. The van der Waals surface area contributed by atoms with E-state index in [9.17, 15) is 4.79 Å². The van der Waals surface area contributed by atoms with Crippen LogP contribution in [0.25, 0.3) is 0 Å². The van der Waals surface area contributed by atoms with Gasteiger partial charge in [-0.15, -0.1) is 0 Å². The molecule has 0 spiro atoms. The summed E-state index contributed by atoms with van der Waals surface area (Å²) in [5.41, 5.74) is 4.46. The lowest BCUT2D eigenvalue weighted by molar-refractivity contribution is 0.145. The monoisotopic (exact) mass is 639 g/mol. The smallest absolute Gasteiger partial charge is 0.420 e. The van der Waals surface area contributed by atoms with E-state index in [-0.39, 0.29) is 0 Å². The van der Waals surface area contributed by atoms with Crippen molar-refractivity contribution >= 4 is 23.5 Å². The number of nitrogens with zero attached hydrogens (tertiary/aromatic N) is 6. The summed E-state index contributed by atoms with van der Waals surface area (Å²) in [6.07, 6.45) is 4.28. The van der Waals surface area contributed by atoms with Gasteiger partial charge in [-0.1, -0.05) is 23.8 Å². The Morgan fingerprint density at radius 3 is 2.45 bits per heavy atom. The molecule has 3 heterocycles. The van der Waals surface area contributed by atoms with Gasteiger partial charge in [0, 0.05) is 75.5 Å². The van der Waals surface area contributed by atoms with Crippen molar-refractivity contribution in [1.82, 2.24) is 24.8 Å². The second-order valence-electron chi connectivity index (χ2n) is 11.9. The Morgan fingerprint density at radius 1 is 0.936 bits per heavy atom. The predicted octanol–water partition coefficient (Wildman–Crippen LogP) is 5.81. The molecule has 11 nitrogen and oxygen atoms in total. The van der Waals surface area contributed by atoms with Crippen molar-refractivity contribution < 1.29 is 19.0 Å². The maximum atomic E-state index is 13.7. The number of likely N-dealkylation sites (N-methyl/N-ethyl adjacent to an activating group) is 1. The molecule has 1 N–H and O–H groups in total. The zero-order valence-corrected chi connectivity index (χ0v) is 28.0. The summed E-state index contributed by atoms with van der Waals surface area (Å²) in [6, 6.07) is 17.0. The number of amides is 1. The first kappa shape index (κ1) is 33.6. The molecule has 1 amide bonds. The Hall–Kier alpha value is -4.74. The minimum absolute atomic E-state index is 0.310. The fourth-order valence-electron chi connectivity index (χ4n) is 5.64. The summed E-state index contributed by atoms with van der Waals surface area (Å²) in [7, 11) is 3.79. The highest BCUT2D eigenvalue weighted by molar-refractivity contribution is 5.88. The molecular formula is C36H45N7O4. The fourth-order valence-corrected chi connectivity index (χ4v) is 5.64. The number of anilines is 3. The van der Waals surface area contributed by atoms with Gasteiger partial charge in [0.05, 0.1) is 13.7 Å². The fraction of sp³-hybridized carbons (Fsp3) is 0.389. The lowest BCUT2D eigenvalue weighted by Gasteiger charge is -2.32. The van der Waals surface area contributed by atoms with E-state index in [1.165, 1.54) is 4.90 Å². The van der Waals surface area contributed by atoms with Gasteiger partial charge in [-0.3, -0.25) is 9.88 Å². The first-order chi connectivity index (χ1) is 22.8. The number of rotatable bonds is 13. The van der Waals surface area contributed by atoms with Crippen LogP contribution in [-0.2, 0) is 6.42 Å². The highest BCUT2D eigenvalue weighted by atomic mass is 16.6. The number of nitrogens with one attached hydrogen (secondary N) is 1. The molecule has 11 heteroatoms. The third-order valence-corrected chi connectivity index (χ3v) is 8.14. The normalized spacial score (nSPS) is 13.6. The Morgan fingerprint density at radius 2 is 1.72 bits per heavy atom. The first-order valence-corrected chi connectivity index (χ1v) is 16.1. The Balaban J connectivity index is 1.27. The Kier molecular flexibility index (Phi) is 11.6. The van der Waals surface area contributed by atoms with Crippen molar-refractivity contribution in [2.45, 2.75) is 33.6 Å². The van der Waals surface area contributed by atoms with Crippen LogP contribution in [0.2, 0.25) is 0 Å². The summed E-state index contributed by atoms with van der Waals surface area (Å²) in [4.78, 5) is 33.6. The highest BCUT2D eigenvalue weighted by Crippen LogP contribution is 2.32. The number of benzene rings is 2. The van der Waals surface area contributed by atoms with Crippen molar-refractivity contribution in [3.63, 3.8) is 0 Å². The predicted molar refractivity (Wildman–Crippen MR) is 184 cm³/mol. The number of aromatic nitrogens is 3. The van der Waals surface area contributed by atoms with E-state index >= 15 is 0 Å². The summed E-state index contributed by atoms with van der Waals surface area (Å²) >= 11 is 0. The molecule has 0 saturated carbocycles. The second-order valence-corrected chi connectivity index (χ2v) is 11.9. The van der Waals surface area contributed by atoms with Crippen LogP contribution in [0, 0.1) is 20.8 Å². The van der Waals surface area contributed by atoms with Crippen LogP contribution >= 0.6 is 0 Å². The van der Waals surface area contributed by atoms with Crippen LogP contribution in [0.5, 0.6) is 17.2 Å². The van der Waals surface area contributed by atoms with Gasteiger partial charge < -0.3 is 29.3 Å². The molecule has 0 bridgehead atoms. The van der Waals surface area contributed by atoms with Crippen LogP contribution < -0.4 is 24.4 Å². The van der Waals surface area contributed by atoms with Gasteiger partial charge in [-0.2, -0.15) is 4.98 Å². The van der Waals surface area contributed by atoms with Crippen molar-refractivity contribution in [3.05, 3.63) is 89.4 Å². The molecule has 0 aliphatic carbocycles. The van der Waals surface area contributed by atoms with Crippen molar-refractivity contribution in [2.75, 3.05) is 70.2 Å². The molecule has 2 aromatic carbocycles. The molecule has 1 aliphatic heterocycles. The maximum absolute atomic E-state index is 13.7. The molecule has 0 unspecified atom stereocenters. The van der Waals surface area contributed by atoms with E-state index < -0.39 is 6.09 Å². The van der Waals surface area contributed by atoms with Crippen molar-refractivity contribution in [1.29, 1.82) is 0 Å². The minimum atomic E-state index is -0.531. The molecule has 47 heavy (non-hydrogen) atoms. The number of ether oxygens (including phenoxy) is 3. The molecule has 1 fully saturated rings. The molecule has 4 aromatic rings. The minimum Gasteiger partial charge on any atom is -0.493 e. The number of carbonyl (C=O) groups excluding carboxylic acids is 1. The molecule has 0 atom stereocenters. The second kappa shape index (κ2) is 16.2. The topological polar surface area (TPSA) is 105 Å². The Bertz CT molecular complexity index is 1600. The number of piperazine rings is 1. The van der Waals surface area contributed by atoms with Gasteiger partial charge in [-0.25, -0.2) is 9.78 Å². The third kappa shape index (κ3) is 9.40. The van der Waals surface area contributed by atoms with Crippen LogP contribution in [-0.4, -0.2) is 90.9 Å². The highest BCUT2D eigenvalue weighted by Gasteiger charge is 2.22. The van der Waals surface area contributed by atoms with E-state index in [1.807, 2.05) is 69.3 Å². The van der Waals surface area contributed by atoms with Gasteiger partial charge in [0.15, 0.2) is 11.5 Å². The molecule has 248 valence electrons. The third-order valence-electron chi connectivity index (χ3n) is 8.14. The summed E-state index contributed by atoms with van der Waals surface area (Å²) < 4.78 is 17.7. The number of pyridine rings is 1. The average Bonchev–Trinajstić information content (AvgIpc) is 3.07. The molecule has 1 aliphatic rings. The van der Waals surface area contributed by atoms with Crippen LogP contribution in [0.3, 0.4) is 0 Å². The zero-order valence-electron chi connectivity index (χ0n) is 28.0. The van der Waals surface area contributed by atoms with Crippen LogP contribution in [0.4, 0.5) is 22.2 Å². The van der Waals surface area contributed by atoms with Gasteiger partial charge in [-0.05, 0) is 75.7 Å².